The highest BCUT2D eigenvalue weighted by molar-refractivity contribution is 5.81. The number of hydrogen-bond acceptors (Lipinski definition) is 4. The molecule has 18 heavy (non-hydrogen) atoms. The minimum atomic E-state index is -0.109. The van der Waals surface area contributed by atoms with Crippen LogP contribution in [0.4, 0.5) is 0 Å². The van der Waals surface area contributed by atoms with Crippen LogP contribution in [0, 0.1) is 0 Å². The number of amides is 1. The van der Waals surface area contributed by atoms with Crippen molar-refractivity contribution in [2.75, 3.05) is 39.4 Å². The fraction of sp³-hybridized carbons (Fsp3) is 0.923. The molecule has 2 heterocycles. The van der Waals surface area contributed by atoms with Crippen LogP contribution in [0.2, 0.25) is 0 Å². The number of carbonyl (C=O) groups is 1. The van der Waals surface area contributed by atoms with Gasteiger partial charge in [0, 0.05) is 25.7 Å². The Morgan fingerprint density at radius 1 is 1.50 bits per heavy atom. The molecule has 2 atom stereocenters. The largest absolute Gasteiger partial charge is 0.378 e. The average Bonchev–Trinajstić information content (AvgIpc) is 2.41. The third kappa shape index (κ3) is 3.67. The number of carbonyl (C=O) groups excluding carboxylic acids is 1. The Morgan fingerprint density at radius 2 is 2.39 bits per heavy atom. The minimum Gasteiger partial charge on any atom is -0.378 e. The molecule has 2 saturated heterocycles. The van der Waals surface area contributed by atoms with Crippen LogP contribution in [0.1, 0.15) is 26.2 Å². The van der Waals surface area contributed by atoms with E-state index >= 15 is 0 Å². The van der Waals surface area contributed by atoms with Gasteiger partial charge >= 0.3 is 0 Å². The van der Waals surface area contributed by atoms with Gasteiger partial charge in [-0.3, -0.25) is 9.69 Å². The molecule has 0 saturated carbocycles. The van der Waals surface area contributed by atoms with Crippen molar-refractivity contribution in [3.8, 4) is 0 Å². The number of ether oxygens (including phenoxy) is 1. The fourth-order valence-corrected chi connectivity index (χ4v) is 2.75. The van der Waals surface area contributed by atoms with Crippen LogP contribution in [0.5, 0.6) is 0 Å². The number of nitrogens with zero attached hydrogens (tertiary/aromatic N) is 1. The minimum absolute atomic E-state index is 0.105. The Hall–Kier alpha value is -0.650. The summed E-state index contributed by atoms with van der Waals surface area (Å²) in [5.74, 6) is 0.105. The van der Waals surface area contributed by atoms with Crippen molar-refractivity contribution in [3.63, 3.8) is 0 Å². The van der Waals surface area contributed by atoms with Gasteiger partial charge < -0.3 is 15.4 Å². The lowest BCUT2D eigenvalue weighted by Gasteiger charge is -2.37. The van der Waals surface area contributed by atoms with E-state index in [-0.39, 0.29) is 11.9 Å². The topological polar surface area (TPSA) is 53.6 Å². The first-order valence-corrected chi connectivity index (χ1v) is 7.14. The zero-order chi connectivity index (χ0) is 12.8. The summed E-state index contributed by atoms with van der Waals surface area (Å²) in [5, 5.41) is 6.45. The van der Waals surface area contributed by atoms with Crippen molar-refractivity contribution in [2.24, 2.45) is 0 Å². The van der Waals surface area contributed by atoms with E-state index in [0.717, 1.165) is 26.2 Å². The highest BCUT2D eigenvalue weighted by atomic mass is 16.5. The first-order chi connectivity index (χ1) is 8.81. The van der Waals surface area contributed by atoms with Gasteiger partial charge in [-0.15, -0.1) is 0 Å². The first-order valence-electron chi connectivity index (χ1n) is 7.14. The molecule has 0 radical (unpaired) electrons. The second-order valence-corrected chi connectivity index (χ2v) is 5.13. The van der Waals surface area contributed by atoms with Crippen molar-refractivity contribution >= 4 is 5.91 Å². The van der Waals surface area contributed by atoms with Crippen molar-refractivity contribution in [1.29, 1.82) is 0 Å². The standard InChI is InChI=1S/C13H25N3O2/c1-2-14-13(17)12-10-18-8-7-16(12)9-11-5-3-4-6-15-11/h11-12,15H,2-10H2,1H3,(H,14,17). The van der Waals surface area contributed by atoms with Gasteiger partial charge in [-0.25, -0.2) is 0 Å². The molecule has 0 aromatic heterocycles. The van der Waals surface area contributed by atoms with Crippen molar-refractivity contribution in [2.45, 2.75) is 38.3 Å². The van der Waals surface area contributed by atoms with Crippen LogP contribution in [-0.4, -0.2) is 62.3 Å². The van der Waals surface area contributed by atoms with E-state index in [9.17, 15) is 4.79 Å². The molecule has 0 aliphatic carbocycles. The van der Waals surface area contributed by atoms with Crippen LogP contribution in [0.25, 0.3) is 0 Å². The summed E-state index contributed by atoms with van der Waals surface area (Å²) in [7, 11) is 0. The van der Waals surface area contributed by atoms with E-state index in [4.69, 9.17) is 4.74 Å². The number of rotatable bonds is 4. The summed E-state index contributed by atoms with van der Waals surface area (Å²) in [4.78, 5) is 14.3. The second kappa shape index (κ2) is 7.07. The number of piperidine rings is 1. The van der Waals surface area contributed by atoms with Crippen LogP contribution >= 0.6 is 0 Å². The maximum Gasteiger partial charge on any atom is 0.239 e. The SMILES string of the molecule is CCNC(=O)C1COCCN1CC1CCCCN1. The van der Waals surface area contributed by atoms with E-state index < -0.39 is 0 Å². The van der Waals surface area contributed by atoms with E-state index in [1.807, 2.05) is 6.92 Å². The Bertz CT molecular complexity index is 267. The zero-order valence-electron chi connectivity index (χ0n) is 11.3. The molecule has 2 fully saturated rings. The number of nitrogens with one attached hydrogen (secondary N) is 2. The number of likely N-dealkylation sites (N-methyl/N-ethyl adjacent to an activating group) is 1. The zero-order valence-corrected chi connectivity index (χ0v) is 11.3. The van der Waals surface area contributed by atoms with Gasteiger partial charge in [-0.05, 0) is 26.3 Å². The molecule has 5 nitrogen and oxygen atoms in total. The third-order valence-electron chi connectivity index (χ3n) is 3.76. The van der Waals surface area contributed by atoms with E-state index in [1.54, 1.807) is 0 Å². The van der Waals surface area contributed by atoms with Crippen molar-refractivity contribution < 1.29 is 9.53 Å². The molecule has 2 aliphatic heterocycles. The summed E-state index contributed by atoms with van der Waals surface area (Å²) < 4.78 is 5.45. The summed E-state index contributed by atoms with van der Waals surface area (Å²) in [6.45, 7) is 6.84. The smallest absolute Gasteiger partial charge is 0.239 e. The van der Waals surface area contributed by atoms with Crippen molar-refractivity contribution in [3.05, 3.63) is 0 Å². The van der Waals surface area contributed by atoms with Crippen LogP contribution in [0.3, 0.4) is 0 Å². The van der Waals surface area contributed by atoms with Gasteiger partial charge in [-0.2, -0.15) is 0 Å². The van der Waals surface area contributed by atoms with Crippen LogP contribution in [-0.2, 0) is 9.53 Å². The summed E-state index contributed by atoms with van der Waals surface area (Å²) in [6, 6.07) is 0.427. The molecule has 2 N–H and O–H groups in total. The lowest BCUT2D eigenvalue weighted by Crippen LogP contribution is -2.57. The molecule has 2 aliphatic rings. The molecular formula is C13H25N3O2. The summed E-state index contributed by atoms with van der Waals surface area (Å²) >= 11 is 0. The van der Waals surface area contributed by atoms with Crippen molar-refractivity contribution in [1.82, 2.24) is 15.5 Å². The van der Waals surface area contributed by atoms with Gasteiger partial charge in [0.25, 0.3) is 0 Å². The summed E-state index contributed by atoms with van der Waals surface area (Å²) in [5.41, 5.74) is 0. The summed E-state index contributed by atoms with van der Waals surface area (Å²) in [6.07, 6.45) is 3.80. The Balaban J connectivity index is 1.88. The van der Waals surface area contributed by atoms with Crippen LogP contribution in [0.15, 0.2) is 0 Å². The lowest BCUT2D eigenvalue weighted by molar-refractivity contribution is -0.132. The molecule has 0 aromatic rings. The molecule has 0 spiro atoms. The highest BCUT2D eigenvalue weighted by Gasteiger charge is 2.30. The molecular weight excluding hydrogens is 230 g/mol. The molecule has 0 bridgehead atoms. The average molecular weight is 255 g/mol. The maximum atomic E-state index is 12.0. The predicted molar refractivity (Wildman–Crippen MR) is 70.5 cm³/mol. The monoisotopic (exact) mass is 255 g/mol. The molecule has 2 rings (SSSR count). The maximum absolute atomic E-state index is 12.0. The Labute approximate surface area is 109 Å². The molecule has 1 amide bonds. The highest BCUT2D eigenvalue weighted by Crippen LogP contribution is 2.13. The van der Waals surface area contributed by atoms with E-state index in [0.29, 0.717) is 19.2 Å². The van der Waals surface area contributed by atoms with Crippen LogP contribution < -0.4 is 10.6 Å². The first kappa shape index (κ1) is 13.8. The van der Waals surface area contributed by atoms with E-state index in [2.05, 4.69) is 15.5 Å². The van der Waals surface area contributed by atoms with Gasteiger partial charge in [0.05, 0.1) is 13.2 Å². The molecule has 0 aromatic carbocycles. The Morgan fingerprint density at radius 3 is 3.11 bits per heavy atom. The lowest BCUT2D eigenvalue weighted by atomic mass is 10.0. The molecule has 104 valence electrons. The van der Waals surface area contributed by atoms with Gasteiger partial charge in [0.1, 0.15) is 6.04 Å². The van der Waals surface area contributed by atoms with E-state index in [1.165, 1.54) is 19.3 Å². The molecule has 5 heteroatoms. The number of hydrogen-bond donors (Lipinski definition) is 2. The second-order valence-electron chi connectivity index (χ2n) is 5.13. The normalized spacial score (nSPS) is 30.1. The van der Waals surface area contributed by atoms with Gasteiger partial charge in [0.2, 0.25) is 5.91 Å². The van der Waals surface area contributed by atoms with Gasteiger partial charge in [-0.1, -0.05) is 6.42 Å². The predicted octanol–water partition coefficient (Wildman–Crippen LogP) is -0.0346. The Kier molecular flexibility index (Phi) is 5.41. The number of morpholine rings is 1. The fourth-order valence-electron chi connectivity index (χ4n) is 2.75. The third-order valence-corrected chi connectivity index (χ3v) is 3.76. The molecule has 2 unspecified atom stereocenters. The van der Waals surface area contributed by atoms with Gasteiger partial charge in [0.15, 0.2) is 0 Å². The quantitative estimate of drug-likeness (QED) is 0.740.